The second-order valence-corrected chi connectivity index (χ2v) is 4.13. The molecule has 15 heavy (non-hydrogen) atoms. The van der Waals surface area contributed by atoms with E-state index in [0.717, 1.165) is 5.69 Å². The van der Waals surface area contributed by atoms with Crippen LogP contribution in [0, 0.1) is 0 Å². The zero-order chi connectivity index (χ0) is 10.8. The second-order valence-electron chi connectivity index (χ2n) is 3.04. The predicted molar refractivity (Wildman–Crippen MR) is 58.4 cm³/mol. The Hall–Kier alpha value is -1.13. The lowest BCUT2D eigenvalue weighted by Crippen LogP contribution is -2.03. The Labute approximate surface area is 96.8 Å². The van der Waals surface area contributed by atoms with E-state index in [2.05, 4.69) is 15.5 Å². The number of hydrogen-bond acceptors (Lipinski definition) is 3. The number of hydrogen-bond donors (Lipinski definition) is 0. The van der Waals surface area contributed by atoms with Gasteiger partial charge in [0, 0.05) is 5.02 Å². The van der Waals surface area contributed by atoms with E-state index in [4.69, 9.17) is 23.2 Å². The van der Waals surface area contributed by atoms with Crippen LogP contribution in [0.25, 0.3) is 5.69 Å². The maximum Gasteiger partial charge on any atom is 0.174 e. The third-order valence-corrected chi connectivity index (χ3v) is 2.37. The van der Waals surface area contributed by atoms with Crippen LogP contribution in [0.1, 0.15) is 18.1 Å². The monoisotopic (exact) mass is 242 g/mol. The topological polar surface area (TPSA) is 43.6 Å². The lowest BCUT2D eigenvalue weighted by atomic mass is 10.3. The van der Waals surface area contributed by atoms with Crippen molar-refractivity contribution in [1.82, 2.24) is 20.2 Å². The van der Waals surface area contributed by atoms with Crippen molar-refractivity contribution in [2.75, 3.05) is 0 Å². The van der Waals surface area contributed by atoms with Crippen LogP contribution in [0.2, 0.25) is 5.02 Å². The average Bonchev–Trinajstić information content (AvgIpc) is 2.67. The first-order valence-electron chi connectivity index (χ1n) is 4.37. The number of halogens is 2. The van der Waals surface area contributed by atoms with Crippen molar-refractivity contribution in [3.8, 4) is 5.69 Å². The smallest absolute Gasteiger partial charge is 0.174 e. The molecule has 0 aliphatic heterocycles. The van der Waals surface area contributed by atoms with Crippen molar-refractivity contribution in [2.24, 2.45) is 0 Å². The SMILES string of the molecule is CC(Cl)c1nnnn1-c1ccc(Cl)cc1. The maximum atomic E-state index is 5.94. The third kappa shape index (κ3) is 2.11. The Bertz CT molecular complexity index is 449. The number of tetrazole rings is 1. The molecular weight excluding hydrogens is 235 g/mol. The molecule has 0 saturated heterocycles. The van der Waals surface area contributed by atoms with Crippen molar-refractivity contribution in [3.63, 3.8) is 0 Å². The Morgan fingerprint density at radius 3 is 2.53 bits per heavy atom. The maximum absolute atomic E-state index is 5.94. The number of aromatic nitrogens is 4. The molecule has 0 spiro atoms. The summed E-state index contributed by atoms with van der Waals surface area (Å²) in [6.45, 7) is 1.82. The normalized spacial score (nSPS) is 12.7. The van der Waals surface area contributed by atoms with E-state index < -0.39 is 0 Å². The van der Waals surface area contributed by atoms with Crippen LogP contribution in [0.4, 0.5) is 0 Å². The van der Waals surface area contributed by atoms with E-state index in [1.54, 1.807) is 16.8 Å². The Balaban J connectivity index is 2.45. The number of benzene rings is 1. The molecule has 1 atom stereocenters. The summed E-state index contributed by atoms with van der Waals surface area (Å²) in [6, 6.07) is 7.23. The quantitative estimate of drug-likeness (QED) is 0.761. The van der Waals surface area contributed by atoms with E-state index in [0.29, 0.717) is 10.8 Å². The minimum absolute atomic E-state index is 0.240. The summed E-state index contributed by atoms with van der Waals surface area (Å²) in [4.78, 5) is 0. The Morgan fingerprint density at radius 1 is 1.27 bits per heavy atom. The van der Waals surface area contributed by atoms with Crippen LogP contribution >= 0.6 is 23.2 Å². The highest BCUT2D eigenvalue weighted by Gasteiger charge is 2.12. The van der Waals surface area contributed by atoms with Gasteiger partial charge in [0.25, 0.3) is 0 Å². The fraction of sp³-hybridized carbons (Fsp3) is 0.222. The molecule has 0 aliphatic carbocycles. The number of rotatable bonds is 2. The highest BCUT2D eigenvalue weighted by atomic mass is 35.5. The van der Waals surface area contributed by atoms with Crippen molar-refractivity contribution < 1.29 is 0 Å². The van der Waals surface area contributed by atoms with Gasteiger partial charge in [-0.1, -0.05) is 11.6 Å². The van der Waals surface area contributed by atoms with E-state index in [1.807, 2.05) is 19.1 Å². The first-order chi connectivity index (χ1) is 7.18. The molecule has 0 fully saturated rings. The summed E-state index contributed by atoms with van der Waals surface area (Å²) in [5, 5.41) is 11.7. The van der Waals surface area contributed by atoms with E-state index in [9.17, 15) is 0 Å². The van der Waals surface area contributed by atoms with Crippen molar-refractivity contribution >= 4 is 23.2 Å². The minimum atomic E-state index is -0.240. The van der Waals surface area contributed by atoms with Gasteiger partial charge in [-0.2, -0.15) is 4.68 Å². The number of alkyl halides is 1. The summed E-state index contributed by atoms with van der Waals surface area (Å²) in [5.74, 6) is 0.610. The molecule has 1 unspecified atom stereocenters. The molecule has 4 nitrogen and oxygen atoms in total. The van der Waals surface area contributed by atoms with Gasteiger partial charge in [0.1, 0.15) is 0 Å². The Kier molecular flexibility index (Phi) is 2.88. The van der Waals surface area contributed by atoms with Gasteiger partial charge in [-0.05, 0) is 41.6 Å². The first-order valence-corrected chi connectivity index (χ1v) is 5.18. The predicted octanol–water partition coefficient (Wildman–Crippen LogP) is 2.62. The van der Waals surface area contributed by atoms with Crippen LogP contribution in [0.3, 0.4) is 0 Å². The van der Waals surface area contributed by atoms with Gasteiger partial charge in [0.15, 0.2) is 5.82 Å². The summed E-state index contributed by atoms with van der Waals surface area (Å²) in [7, 11) is 0. The zero-order valence-corrected chi connectivity index (χ0v) is 9.44. The molecular formula is C9H8Cl2N4. The zero-order valence-electron chi connectivity index (χ0n) is 7.93. The fourth-order valence-corrected chi connectivity index (χ4v) is 1.47. The van der Waals surface area contributed by atoms with E-state index in [1.165, 1.54) is 0 Å². The van der Waals surface area contributed by atoms with Gasteiger partial charge in [-0.3, -0.25) is 0 Å². The molecule has 2 aromatic rings. The molecule has 1 aromatic heterocycles. The highest BCUT2D eigenvalue weighted by molar-refractivity contribution is 6.30. The summed E-state index contributed by atoms with van der Waals surface area (Å²) in [5.41, 5.74) is 0.840. The summed E-state index contributed by atoms with van der Waals surface area (Å²) in [6.07, 6.45) is 0. The van der Waals surface area contributed by atoms with Gasteiger partial charge in [-0.15, -0.1) is 16.7 Å². The molecule has 0 saturated carbocycles. The van der Waals surface area contributed by atoms with Crippen molar-refractivity contribution in [2.45, 2.75) is 12.3 Å². The van der Waals surface area contributed by atoms with Crippen LogP contribution in [0.15, 0.2) is 24.3 Å². The lowest BCUT2D eigenvalue weighted by Gasteiger charge is -2.05. The molecule has 0 radical (unpaired) electrons. The molecule has 2 rings (SSSR count). The van der Waals surface area contributed by atoms with Crippen molar-refractivity contribution in [1.29, 1.82) is 0 Å². The molecule has 78 valence electrons. The molecule has 1 aromatic carbocycles. The molecule has 6 heteroatoms. The first kappa shape index (κ1) is 10.4. The third-order valence-electron chi connectivity index (χ3n) is 1.92. The van der Waals surface area contributed by atoms with Crippen LogP contribution in [-0.4, -0.2) is 20.2 Å². The second kappa shape index (κ2) is 4.16. The molecule has 1 heterocycles. The Morgan fingerprint density at radius 2 is 1.93 bits per heavy atom. The number of nitrogens with zero attached hydrogens (tertiary/aromatic N) is 4. The average molecular weight is 243 g/mol. The van der Waals surface area contributed by atoms with E-state index in [-0.39, 0.29) is 5.38 Å². The lowest BCUT2D eigenvalue weighted by molar-refractivity contribution is 0.761. The molecule has 0 aliphatic rings. The molecule has 0 bridgehead atoms. The molecule has 0 amide bonds. The highest BCUT2D eigenvalue weighted by Crippen LogP contribution is 2.19. The van der Waals surface area contributed by atoms with Gasteiger partial charge in [0.05, 0.1) is 11.1 Å². The van der Waals surface area contributed by atoms with Gasteiger partial charge in [-0.25, -0.2) is 0 Å². The van der Waals surface area contributed by atoms with Gasteiger partial charge >= 0.3 is 0 Å². The summed E-state index contributed by atoms with van der Waals surface area (Å²) >= 11 is 11.7. The van der Waals surface area contributed by atoms with Crippen LogP contribution in [-0.2, 0) is 0 Å². The van der Waals surface area contributed by atoms with Crippen molar-refractivity contribution in [3.05, 3.63) is 35.1 Å². The van der Waals surface area contributed by atoms with Gasteiger partial charge in [0.2, 0.25) is 0 Å². The van der Waals surface area contributed by atoms with Crippen LogP contribution < -0.4 is 0 Å². The molecule has 0 N–H and O–H groups in total. The van der Waals surface area contributed by atoms with E-state index >= 15 is 0 Å². The summed E-state index contributed by atoms with van der Waals surface area (Å²) < 4.78 is 1.59. The fourth-order valence-electron chi connectivity index (χ4n) is 1.21. The largest absolute Gasteiger partial charge is 0.196 e. The minimum Gasteiger partial charge on any atom is -0.196 e. The van der Waals surface area contributed by atoms with Crippen LogP contribution in [0.5, 0.6) is 0 Å². The standard InChI is InChI=1S/C9H8Cl2N4/c1-6(10)9-12-13-14-15(9)8-4-2-7(11)3-5-8/h2-6H,1H3. The van der Waals surface area contributed by atoms with Gasteiger partial charge < -0.3 is 0 Å².